The molecule has 0 aliphatic heterocycles. The number of nitrogens with zero attached hydrogens (tertiary/aromatic N) is 2. The maximum Gasteiger partial charge on any atom is 0.0678 e. The fourth-order valence-corrected chi connectivity index (χ4v) is 4.07. The molecule has 0 spiro atoms. The van der Waals surface area contributed by atoms with Gasteiger partial charge in [0.1, 0.15) is 0 Å². The van der Waals surface area contributed by atoms with Gasteiger partial charge < -0.3 is 5.32 Å². The lowest BCUT2D eigenvalue weighted by atomic mass is 9.69. The van der Waals surface area contributed by atoms with Crippen molar-refractivity contribution in [2.75, 3.05) is 7.05 Å². The largest absolute Gasteiger partial charge is 0.315 e. The predicted octanol–water partition coefficient (Wildman–Crippen LogP) is 4.04. The van der Waals surface area contributed by atoms with Gasteiger partial charge in [0.05, 0.1) is 11.7 Å². The van der Waals surface area contributed by atoms with Crippen LogP contribution in [0.15, 0.2) is 0 Å². The average Bonchev–Trinajstić information content (AvgIpc) is 2.71. The number of aryl methyl sites for hydroxylation is 1. The first-order valence-corrected chi connectivity index (χ1v) is 8.51. The van der Waals surface area contributed by atoms with Crippen molar-refractivity contribution in [2.45, 2.75) is 79.3 Å². The minimum absolute atomic E-state index is 0.390. The number of rotatable bonds is 3. The Bertz CT molecular complexity index is 481. The summed E-state index contributed by atoms with van der Waals surface area (Å²) in [6.45, 7) is 13.8. The molecule has 3 heteroatoms. The molecule has 21 heavy (non-hydrogen) atoms. The van der Waals surface area contributed by atoms with Crippen LogP contribution in [0.4, 0.5) is 0 Å². The Kier molecular flexibility index (Phi) is 4.82. The Morgan fingerprint density at radius 2 is 1.90 bits per heavy atom. The normalized spacial score (nSPS) is 27.1. The highest BCUT2D eigenvalue weighted by Crippen LogP contribution is 2.42. The summed E-state index contributed by atoms with van der Waals surface area (Å²) in [5.41, 5.74) is 4.40. The minimum atomic E-state index is 0.390. The van der Waals surface area contributed by atoms with E-state index in [1.165, 1.54) is 36.2 Å². The third-order valence-corrected chi connectivity index (χ3v) is 5.55. The van der Waals surface area contributed by atoms with Crippen LogP contribution >= 0.6 is 0 Å². The minimum Gasteiger partial charge on any atom is -0.315 e. The summed E-state index contributed by atoms with van der Waals surface area (Å²) >= 11 is 0. The van der Waals surface area contributed by atoms with Crippen molar-refractivity contribution in [3.8, 4) is 0 Å². The molecule has 1 aromatic heterocycles. The van der Waals surface area contributed by atoms with E-state index in [9.17, 15) is 0 Å². The molecule has 3 unspecified atom stereocenters. The summed E-state index contributed by atoms with van der Waals surface area (Å²) < 4.78 is 2.33. The molecule has 120 valence electrons. The van der Waals surface area contributed by atoms with Crippen LogP contribution in [0.5, 0.6) is 0 Å². The van der Waals surface area contributed by atoms with E-state index in [4.69, 9.17) is 5.10 Å². The van der Waals surface area contributed by atoms with E-state index >= 15 is 0 Å². The van der Waals surface area contributed by atoms with Crippen molar-refractivity contribution in [1.82, 2.24) is 15.1 Å². The second-order valence-electron chi connectivity index (χ2n) is 7.79. The van der Waals surface area contributed by atoms with Gasteiger partial charge in [0, 0.05) is 11.7 Å². The van der Waals surface area contributed by atoms with Gasteiger partial charge in [0.25, 0.3) is 0 Å². The maximum atomic E-state index is 4.90. The fraction of sp³-hybridized carbons (Fsp3) is 0.833. The third-order valence-electron chi connectivity index (χ3n) is 5.55. The van der Waals surface area contributed by atoms with E-state index < -0.39 is 0 Å². The Balaban J connectivity index is 2.34. The first-order chi connectivity index (χ1) is 9.79. The van der Waals surface area contributed by atoms with Crippen LogP contribution in [0.1, 0.15) is 70.0 Å². The zero-order valence-electron chi connectivity index (χ0n) is 15.0. The van der Waals surface area contributed by atoms with Crippen molar-refractivity contribution in [2.24, 2.45) is 11.3 Å². The molecule has 0 aromatic carbocycles. The molecule has 1 N–H and O–H groups in total. The molecule has 2 rings (SSSR count). The summed E-state index contributed by atoms with van der Waals surface area (Å²) in [5.74, 6) is 0.779. The van der Waals surface area contributed by atoms with Crippen LogP contribution in [0.2, 0.25) is 0 Å². The van der Waals surface area contributed by atoms with Crippen molar-refractivity contribution < 1.29 is 0 Å². The molecule has 1 heterocycles. The van der Waals surface area contributed by atoms with Gasteiger partial charge in [-0.3, -0.25) is 4.68 Å². The van der Waals surface area contributed by atoms with Gasteiger partial charge in [0.2, 0.25) is 0 Å². The molecule has 1 aliphatic carbocycles. The van der Waals surface area contributed by atoms with Gasteiger partial charge in [0.15, 0.2) is 0 Å². The smallest absolute Gasteiger partial charge is 0.0678 e. The molecule has 0 saturated heterocycles. The van der Waals surface area contributed by atoms with Crippen LogP contribution < -0.4 is 5.32 Å². The van der Waals surface area contributed by atoms with E-state index in [2.05, 4.69) is 58.6 Å². The molecule has 3 nitrogen and oxygen atoms in total. The van der Waals surface area contributed by atoms with Gasteiger partial charge in [-0.1, -0.05) is 27.7 Å². The SMILES string of the molecule is CCc1c(C)nn(C2CC(C(C)(C)C)CCC2NC)c1C. The Hall–Kier alpha value is -0.830. The highest BCUT2D eigenvalue weighted by molar-refractivity contribution is 5.25. The molecule has 0 bridgehead atoms. The molecule has 1 aliphatic rings. The Morgan fingerprint density at radius 3 is 2.38 bits per heavy atom. The van der Waals surface area contributed by atoms with Crippen LogP contribution in [0, 0.1) is 25.2 Å². The van der Waals surface area contributed by atoms with Crippen LogP contribution in [-0.2, 0) is 6.42 Å². The molecule has 0 radical (unpaired) electrons. The summed E-state index contributed by atoms with van der Waals surface area (Å²) in [4.78, 5) is 0. The van der Waals surface area contributed by atoms with E-state index in [0.717, 1.165) is 12.3 Å². The summed E-state index contributed by atoms with van der Waals surface area (Å²) in [6, 6.07) is 1.04. The fourth-order valence-electron chi connectivity index (χ4n) is 4.07. The number of hydrogen-bond donors (Lipinski definition) is 1. The van der Waals surface area contributed by atoms with Crippen molar-refractivity contribution in [3.63, 3.8) is 0 Å². The van der Waals surface area contributed by atoms with E-state index in [-0.39, 0.29) is 0 Å². The second kappa shape index (κ2) is 6.12. The number of nitrogens with one attached hydrogen (secondary N) is 1. The van der Waals surface area contributed by atoms with Gasteiger partial charge in [-0.15, -0.1) is 0 Å². The summed E-state index contributed by atoms with van der Waals surface area (Å²) in [7, 11) is 2.10. The molecular formula is C18H33N3. The van der Waals surface area contributed by atoms with E-state index in [1.807, 2.05) is 0 Å². The zero-order valence-corrected chi connectivity index (χ0v) is 15.0. The lowest BCUT2D eigenvalue weighted by Crippen LogP contribution is -2.43. The Morgan fingerprint density at radius 1 is 1.24 bits per heavy atom. The quantitative estimate of drug-likeness (QED) is 0.911. The van der Waals surface area contributed by atoms with Crippen LogP contribution in [0.25, 0.3) is 0 Å². The van der Waals surface area contributed by atoms with E-state index in [0.29, 0.717) is 17.5 Å². The predicted molar refractivity (Wildman–Crippen MR) is 89.8 cm³/mol. The zero-order chi connectivity index (χ0) is 15.8. The number of aromatic nitrogens is 2. The molecule has 3 atom stereocenters. The number of hydrogen-bond acceptors (Lipinski definition) is 2. The standard InChI is InChI=1S/C18H33N3/c1-8-15-12(2)20-21(13(15)3)17-11-14(18(4,5)6)9-10-16(17)19-7/h14,16-17,19H,8-11H2,1-7H3. The highest BCUT2D eigenvalue weighted by Gasteiger charge is 2.37. The van der Waals surface area contributed by atoms with Crippen LogP contribution in [-0.4, -0.2) is 22.9 Å². The lowest BCUT2D eigenvalue weighted by molar-refractivity contribution is 0.113. The average molecular weight is 291 g/mol. The lowest BCUT2D eigenvalue weighted by Gasteiger charge is -2.42. The molecule has 1 saturated carbocycles. The number of likely N-dealkylation sites (N-methyl/N-ethyl adjacent to an activating group) is 1. The highest BCUT2D eigenvalue weighted by atomic mass is 15.3. The first-order valence-electron chi connectivity index (χ1n) is 8.51. The molecule has 1 aromatic rings. The van der Waals surface area contributed by atoms with Gasteiger partial charge >= 0.3 is 0 Å². The maximum absolute atomic E-state index is 4.90. The van der Waals surface area contributed by atoms with Crippen molar-refractivity contribution >= 4 is 0 Å². The monoisotopic (exact) mass is 291 g/mol. The first kappa shape index (κ1) is 16.5. The molecular weight excluding hydrogens is 258 g/mol. The third kappa shape index (κ3) is 3.18. The van der Waals surface area contributed by atoms with Crippen LogP contribution in [0.3, 0.4) is 0 Å². The van der Waals surface area contributed by atoms with Gasteiger partial charge in [-0.05, 0) is 63.5 Å². The van der Waals surface area contributed by atoms with E-state index in [1.54, 1.807) is 0 Å². The molecule has 1 fully saturated rings. The van der Waals surface area contributed by atoms with Crippen molar-refractivity contribution in [1.29, 1.82) is 0 Å². The van der Waals surface area contributed by atoms with Gasteiger partial charge in [-0.25, -0.2) is 0 Å². The summed E-state index contributed by atoms with van der Waals surface area (Å²) in [6.07, 6.45) is 4.89. The van der Waals surface area contributed by atoms with Gasteiger partial charge in [-0.2, -0.15) is 5.10 Å². The topological polar surface area (TPSA) is 29.9 Å². The van der Waals surface area contributed by atoms with Crippen molar-refractivity contribution in [3.05, 3.63) is 17.0 Å². The molecule has 0 amide bonds. The Labute approximate surface area is 130 Å². The second-order valence-corrected chi connectivity index (χ2v) is 7.79. The summed E-state index contributed by atoms with van der Waals surface area (Å²) in [5, 5.41) is 8.43.